The molecule has 0 aliphatic heterocycles. The summed E-state index contributed by atoms with van der Waals surface area (Å²) in [4.78, 5) is 7.31. The van der Waals surface area contributed by atoms with Crippen LogP contribution < -0.4 is 4.90 Å². The Balaban J connectivity index is 0.983. The van der Waals surface area contributed by atoms with Gasteiger partial charge in [0, 0.05) is 39.0 Å². The van der Waals surface area contributed by atoms with Crippen LogP contribution in [0.2, 0.25) is 0 Å². The number of furan rings is 1. The predicted octanol–water partition coefficient (Wildman–Crippen LogP) is 14.5. The van der Waals surface area contributed by atoms with Crippen LogP contribution in [0, 0.1) is 0 Å². The normalized spacial score (nSPS) is 11.6. The van der Waals surface area contributed by atoms with Crippen molar-refractivity contribution in [1.29, 1.82) is 0 Å². The van der Waals surface area contributed by atoms with Gasteiger partial charge in [-0.3, -0.25) is 0 Å². The van der Waals surface area contributed by atoms with Crippen LogP contribution >= 0.6 is 0 Å². The Morgan fingerprint density at radius 3 is 1.75 bits per heavy atom. The molecular weight excluding hydrogens is 673 g/mol. The zero-order valence-electron chi connectivity index (χ0n) is 29.7. The van der Waals surface area contributed by atoms with Crippen molar-refractivity contribution in [2.45, 2.75) is 0 Å². The van der Waals surface area contributed by atoms with Crippen molar-refractivity contribution in [3.05, 3.63) is 194 Å². The van der Waals surface area contributed by atoms with Crippen molar-refractivity contribution in [3.8, 4) is 33.7 Å². The summed E-state index contributed by atoms with van der Waals surface area (Å²) in [6.07, 6.45) is 0. The third-order valence-electron chi connectivity index (χ3n) is 10.7. The minimum absolute atomic E-state index is 0.575. The van der Waals surface area contributed by atoms with Gasteiger partial charge in [0.25, 0.3) is 0 Å². The molecule has 0 aliphatic rings. The third-order valence-corrected chi connectivity index (χ3v) is 10.7. The fourth-order valence-electron chi connectivity index (χ4n) is 7.97. The maximum atomic E-state index is 6.63. The molecule has 55 heavy (non-hydrogen) atoms. The molecule has 0 N–H and O–H groups in total. The van der Waals surface area contributed by atoms with Gasteiger partial charge in [0.1, 0.15) is 16.7 Å². The highest BCUT2D eigenvalue weighted by molar-refractivity contribution is 6.12. The summed E-state index contributed by atoms with van der Waals surface area (Å²) in [6, 6.07) is 68.3. The predicted molar refractivity (Wildman–Crippen MR) is 227 cm³/mol. The van der Waals surface area contributed by atoms with Crippen molar-refractivity contribution in [1.82, 2.24) is 4.98 Å². The fraction of sp³-hybridized carbons (Fsp3) is 0. The maximum Gasteiger partial charge on any atom is 0.228 e. The molecule has 9 aromatic carbocycles. The molecule has 0 saturated heterocycles. The molecule has 0 amide bonds. The molecule has 11 rings (SSSR count). The first-order valence-corrected chi connectivity index (χ1v) is 18.5. The van der Waals surface area contributed by atoms with Gasteiger partial charge >= 0.3 is 0 Å². The van der Waals surface area contributed by atoms with E-state index < -0.39 is 0 Å². The molecule has 0 saturated carbocycles. The van der Waals surface area contributed by atoms with E-state index in [1.54, 1.807) is 0 Å². The minimum atomic E-state index is 0.575. The molecule has 4 heteroatoms. The van der Waals surface area contributed by atoms with E-state index >= 15 is 0 Å². The SMILES string of the molecule is c1ccc2cc(-c3ccc(N(c4ccc(-c5cccc6nc(-c7cccc8oc9ccccc9c78)oc56)cc4)c4ccc5ccccc5c4)cc3)ccc2c1. The van der Waals surface area contributed by atoms with Crippen molar-refractivity contribution < 1.29 is 8.83 Å². The van der Waals surface area contributed by atoms with Crippen LogP contribution in [0.25, 0.3) is 88.3 Å². The lowest BCUT2D eigenvalue weighted by atomic mass is 10.0. The van der Waals surface area contributed by atoms with Crippen molar-refractivity contribution in [3.63, 3.8) is 0 Å². The van der Waals surface area contributed by atoms with Gasteiger partial charge in [-0.05, 0) is 105 Å². The smallest absolute Gasteiger partial charge is 0.228 e. The molecule has 0 spiro atoms. The van der Waals surface area contributed by atoms with Gasteiger partial charge in [0.2, 0.25) is 5.89 Å². The highest BCUT2D eigenvalue weighted by Crippen LogP contribution is 2.41. The molecule has 11 aromatic rings. The quantitative estimate of drug-likeness (QED) is 0.173. The van der Waals surface area contributed by atoms with Crippen LogP contribution in [0.4, 0.5) is 17.1 Å². The first kappa shape index (κ1) is 31.1. The zero-order chi connectivity index (χ0) is 36.3. The summed E-state index contributed by atoms with van der Waals surface area (Å²) in [5.41, 5.74) is 11.8. The summed E-state index contributed by atoms with van der Waals surface area (Å²) in [5.74, 6) is 0.575. The van der Waals surface area contributed by atoms with E-state index in [0.29, 0.717) is 5.89 Å². The molecule has 0 bridgehead atoms. The lowest BCUT2D eigenvalue weighted by Crippen LogP contribution is -2.09. The van der Waals surface area contributed by atoms with Gasteiger partial charge in [-0.1, -0.05) is 127 Å². The molecular formula is C51H32N2O2. The Morgan fingerprint density at radius 2 is 0.964 bits per heavy atom. The average molecular weight is 705 g/mol. The Morgan fingerprint density at radius 1 is 0.382 bits per heavy atom. The highest BCUT2D eigenvalue weighted by atomic mass is 16.4. The Bertz CT molecular complexity index is 3210. The minimum Gasteiger partial charge on any atom is -0.456 e. The van der Waals surface area contributed by atoms with E-state index in [1.807, 2.05) is 42.5 Å². The highest BCUT2D eigenvalue weighted by Gasteiger charge is 2.19. The number of anilines is 3. The first-order chi connectivity index (χ1) is 27.2. The summed E-state index contributed by atoms with van der Waals surface area (Å²) < 4.78 is 12.8. The van der Waals surface area contributed by atoms with Crippen LogP contribution in [-0.4, -0.2) is 4.98 Å². The Kier molecular flexibility index (Phi) is 7.14. The lowest BCUT2D eigenvalue weighted by Gasteiger charge is -2.26. The molecule has 2 heterocycles. The van der Waals surface area contributed by atoms with Crippen molar-refractivity contribution in [2.75, 3.05) is 4.90 Å². The zero-order valence-corrected chi connectivity index (χ0v) is 29.7. The van der Waals surface area contributed by atoms with Crippen LogP contribution in [0.1, 0.15) is 0 Å². The topological polar surface area (TPSA) is 42.4 Å². The van der Waals surface area contributed by atoms with E-state index in [4.69, 9.17) is 13.8 Å². The number of hydrogen-bond acceptors (Lipinski definition) is 4. The third kappa shape index (κ3) is 5.34. The van der Waals surface area contributed by atoms with Crippen LogP contribution in [-0.2, 0) is 0 Å². The molecule has 0 aliphatic carbocycles. The number of aromatic nitrogens is 1. The van der Waals surface area contributed by atoms with Gasteiger partial charge in [-0.15, -0.1) is 0 Å². The molecule has 0 fully saturated rings. The standard InChI is InChI=1S/C51H32N2O2/c1-3-11-37-31-39(20-19-33(37)9-1)35-21-26-40(27-22-35)53(42-30-23-34-10-2-4-12-38(34)32-42)41-28-24-36(25-29-41)43-14-7-16-46-50(43)55-51(52-46)45-15-8-18-48-49(45)44-13-5-6-17-47(44)54-48/h1-32H. The van der Waals surface area contributed by atoms with E-state index in [1.165, 1.54) is 32.7 Å². The van der Waals surface area contributed by atoms with Crippen LogP contribution in [0.15, 0.2) is 203 Å². The Hall–Kier alpha value is -7.43. The number of nitrogens with zero attached hydrogens (tertiary/aromatic N) is 2. The first-order valence-electron chi connectivity index (χ1n) is 18.5. The molecule has 0 radical (unpaired) electrons. The van der Waals surface area contributed by atoms with Gasteiger partial charge in [-0.2, -0.15) is 0 Å². The number of oxazole rings is 1. The molecule has 0 atom stereocenters. The van der Waals surface area contributed by atoms with Gasteiger partial charge in [0.15, 0.2) is 5.58 Å². The van der Waals surface area contributed by atoms with E-state index in [9.17, 15) is 0 Å². The van der Waals surface area contributed by atoms with Crippen molar-refractivity contribution in [2.24, 2.45) is 0 Å². The molecule has 0 unspecified atom stereocenters. The second-order valence-corrected chi connectivity index (χ2v) is 14.0. The number of benzene rings is 9. The lowest BCUT2D eigenvalue weighted by molar-refractivity contribution is 0.621. The summed E-state index contributed by atoms with van der Waals surface area (Å²) >= 11 is 0. The molecule has 4 nitrogen and oxygen atoms in total. The summed E-state index contributed by atoms with van der Waals surface area (Å²) in [5, 5.41) is 6.95. The maximum absolute atomic E-state index is 6.63. The van der Waals surface area contributed by atoms with Gasteiger partial charge in [0.05, 0.1) is 0 Å². The van der Waals surface area contributed by atoms with Crippen molar-refractivity contribution >= 4 is 71.6 Å². The number of fused-ring (bicyclic) bond motifs is 6. The van der Waals surface area contributed by atoms with E-state index in [2.05, 4.69) is 157 Å². The molecule has 258 valence electrons. The Labute approximate surface area is 317 Å². The van der Waals surface area contributed by atoms with Crippen LogP contribution in [0.5, 0.6) is 0 Å². The second-order valence-electron chi connectivity index (χ2n) is 14.0. The largest absolute Gasteiger partial charge is 0.456 e. The van der Waals surface area contributed by atoms with E-state index in [0.717, 1.165) is 66.8 Å². The number of rotatable bonds is 6. The summed E-state index contributed by atoms with van der Waals surface area (Å²) in [7, 11) is 0. The average Bonchev–Trinajstić information content (AvgIpc) is 3.86. The van der Waals surface area contributed by atoms with E-state index in [-0.39, 0.29) is 0 Å². The molecule has 2 aromatic heterocycles. The van der Waals surface area contributed by atoms with Crippen LogP contribution in [0.3, 0.4) is 0 Å². The summed E-state index contributed by atoms with van der Waals surface area (Å²) in [6.45, 7) is 0. The number of para-hydroxylation sites is 2. The van der Waals surface area contributed by atoms with Gasteiger partial charge < -0.3 is 13.7 Å². The second kappa shape index (κ2) is 12.6. The monoisotopic (exact) mass is 704 g/mol. The number of hydrogen-bond donors (Lipinski definition) is 0. The fourth-order valence-corrected chi connectivity index (χ4v) is 7.97. The van der Waals surface area contributed by atoms with Gasteiger partial charge in [-0.25, -0.2) is 4.98 Å².